The van der Waals surface area contributed by atoms with E-state index in [0.717, 1.165) is 17.7 Å². The van der Waals surface area contributed by atoms with Crippen LogP contribution in [0.1, 0.15) is 25.7 Å². The monoisotopic (exact) mass is 253 g/mol. The van der Waals surface area contributed by atoms with Crippen LogP contribution in [0.2, 0.25) is 5.15 Å². The lowest BCUT2D eigenvalue weighted by atomic mass is 10.1. The first-order valence-corrected chi connectivity index (χ1v) is 6.48. The Balaban J connectivity index is 1.80. The molecule has 2 aliphatic rings. The number of anilines is 1. The van der Waals surface area contributed by atoms with E-state index in [2.05, 4.69) is 15.3 Å². The zero-order valence-electron chi connectivity index (χ0n) is 9.82. The third-order valence-corrected chi connectivity index (χ3v) is 3.80. The summed E-state index contributed by atoms with van der Waals surface area (Å²) in [5, 5.41) is 3.87. The zero-order chi connectivity index (χ0) is 11.8. The Labute approximate surface area is 106 Å². The second kappa shape index (κ2) is 4.33. The van der Waals surface area contributed by atoms with Crippen molar-refractivity contribution in [1.29, 1.82) is 0 Å². The number of ether oxygens (including phenoxy) is 1. The van der Waals surface area contributed by atoms with Crippen molar-refractivity contribution >= 4 is 17.4 Å². The van der Waals surface area contributed by atoms with Gasteiger partial charge in [0.2, 0.25) is 0 Å². The summed E-state index contributed by atoms with van der Waals surface area (Å²) in [6.07, 6.45) is 6.79. The molecule has 4 nitrogen and oxygen atoms in total. The molecule has 0 radical (unpaired) electrons. The standard InChI is InChI=1S/C12H16ClN3O/c1-17-10-11(13)14-6-15-12(10)16-9(7-2-3-7)8-4-5-8/h6-9H,2-5H2,1H3,(H,14,15,16). The van der Waals surface area contributed by atoms with Gasteiger partial charge in [-0.1, -0.05) is 11.6 Å². The van der Waals surface area contributed by atoms with Gasteiger partial charge in [-0.05, 0) is 37.5 Å². The second-order valence-corrected chi connectivity index (χ2v) is 5.25. The summed E-state index contributed by atoms with van der Waals surface area (Å²) >= 11 is 5.99. The lowest BCUT2D eigenvalue weighted by Crippen LogP contribution is -2.25. The molecule has 2 saturated carbocycles. The number of hydrogen-bond donors (Lipinski definition) is 1. The van der Waals surface area contributed by atoms with Crippen LogP contribution in [0.25, 0.3) is 0 Å². The fraction of sp³-hybridized carbons (Fsp3) is 0.667. The summed E-state index contributed by atoms with van der Waals surface area (Å²) in [7, 11) is 1.60. The SMILES string of the molecule is COc1c(Cl)ncnc1NC(C1CC1)C1CC1. The number of rotatable bonds is 5. The number of aromatic nitrogens is 2. The van der Waals surface area contributed by atoms with Gasteiger partial charge in [0.15, 0.2) is 16.7 Å². The molecule has 1 N–H and O–H groups in total. The van der Waals surface area contributed by atoms with E-state index in [0.29, 0.717) is 16.9 Å². The highest BCUT2D eigenvalue weighted by molar-refractivity contribution is 6.31. The highest BCUT2D eigenvalue weighted by atomic mass is 35.5. The number of halogens is 1. The van der Waals surface area contributed by atoms with Crippen LogP contribution < -0.4 is 10.1 Å². The average molecular weight is 254 g/mol. The summed E-state index contributed by atoms with van der Waals surface area (Å²) in [5.41, 5.74) is 0. The Morgan fingerprint density at radius 2 is 1.94 bits per heavy atom. The number of nitrogens with zero attached hydrogens (tertiary/aromatic N) is 2. The molecular formula is C12H16ClN3O. The van der Waals surface area contributed by atoms with Crippen LogP contribution in [-0.2, 0) is 0 Å². The van der Waals surface area contributed by atoms with Gasteiger partial charge in [0.1, 0.15) is 6.33 Å². The quantitative estimate of drug-likeness (QED) is 0.820. The van der Waals surface area contributed by atoms with E-state index in [9.17, 15) is 0 Å². The number of methoxy groups -OCH3 is 1. The predicted molar refractivity (Wildman–Crippen MR) is 66.5 cm³/mol. The average Bonchev–Trinajstić information content (AvgIpc) is 3.16. The van der Waals surface area contributed by atoms with E-state index in [1.807, 2.05) is 0 Å². The van der Waals surface area contributed by atoms with Crippen LogP contribution in [0.3, 0.4) is 0 Å². The molecule has 92 valence electrons. The molecular weight excluding hydrogens is 238 g/mol. The maximum absolute atomic E-state index is 5.99. The van der Waals surface area contributed by atoms with Crippen LogP contribution in [0, 0.1) is 11.8 Å². The summed E-state index contributed by atoms with van der Waals surface area (Å²) in [4.78, 5) is 8.17. The summed E-state index contributed by atoms with van der Waals surface area (Å²) in [6, 6.07) is 0.537. The molecule has 0 atom stereocenters. The molecule has 2 fully saturated rings. The van der Waals surface area contributed by atoms with Crippen LogP contribution in [0.15, 0.2) is 6.33 Å². The summed E-state index contributed by atoms with van der Waals surface area (Å²) < 4.78 is 5.26. The Morgan fingerprint density at radius 3 is 2.47 bits per heavy atom. The zero-order valence-corrected chi connectivity index (χ0v) is 10.6. The molecule has 0 aromatic carbocycles. The first-order chi connectivity index (χ1) is 8.29. The number of hydrogen-bond acceptors (Lipinski definition) is 4. The third-order valence-electron chi connectivity index (χ3n) is 3.53. The van der Waals surface area contributed by atoms with Crippen molar-refractivity contribution in [2.75, 3.05) is 12.4 Å². The first kappa shape index (κ1) is 11.1. The molecule has 0 spiro atoms. The van der Waals surface area contributed by atoms with Gasteiger partial charge in [0, 0.05) is 6.04 Å². The maximum Gasteiger partial charge on any atom is 0.198 e. The van der Waals surface area contributed by atoms with Crippen molar-refractivity contribution in [3.8, 4) is 5.75 Å². The molecule has 1 heterocycles. The Bertz CT molecular complexity index is 406. The van der Waals surface area contributed by atoms with Gasteiger partial charge in [-0.2, -0.15) is 0 Å². The molecule has 0 saturated heterocycles. The van der Waals surface area contributed by atoms with E-state index in [1.165, 1.54) is 32.0 Å². The van der Waals surface area contributed by atoms with Crippen molar-refractivity contribution in [3.05, 3.63) is 11.5 Å². The van der Waals surface area contributed by atoms with Crippen molar-refractivity contribution in [2.45, 2.75) is 31.7 Å². The second-order valence-electron chi connectivity index (χ2n) is 4.89. The summed E-state index contributed by atoms with van der Waals surface area (Å²) in [5.74, 6) is 2.90. The van der Waals surface area contributed by atoms with Gasteiger partial charge in [-0.3, -0.25) is 0 Å². The molecule has 0 unspecified atom stereocenters. The van der Waals surface area contributed by atoms with E-state index in [1.54, 1.807) is 7.11 Å². The fourth-order valence-electron chi connectivity index (χ4n) is 2.33. The van der Waals surface area contributed by atoms with Gasteiger partial charge in [0.25, 0.3) is 0 Å². The molecule has 1 aromatic rings. The van der Waals surface area contributed by atoms with Crippen molar-refractivity contribution in [3.63, 3.8) is 0 Å². The van der Waals surface area contributed by atoms with E-state index in [-0.39, 0.29) is 0 Å². The normalized spacial score (nSPS) is 19.5. The third kappa shape index (κ3) is 2.32. The molecule has 1 aromatic heterocycles. The molecule has 3 rings (SSSR count). The Hall–Kier alpha value is -1.03. The first-order valence-electron chi connectivity index (χ1n) is 6.10. The lowest BCUT2D eigenvalue weighted by molar-refractivity contribution is 0.411. The minimum Gasteiger partial charge on any atom is -0.490 e. The van der Waals surface area contributed by atoms with Gasteiger partial charge in [0.05, 0.1) is 7.11 Å². The topological polar surface area (TPSA) is 47.0 Å². The minimum absolute atomic E-state index is 0.371. The van der Waals surface area contributed by atoms with Gasteiger partial charge in [-0.15, -0.1) is 0 Å². The molecule has 17 heavy (non-hydrogen) atoms. The molecule has 5 heteroatoms. The predicted octanol–water partition coefficient (Wildman–Crippen LogP) is 2.74. The van der Waals surface area contributed by atoms with E-state index in [4.69, 9.17) is 16.3 Å². The fourth-order valence-corrected chi connectivity index (χ4v) is 2.54. The van der Waals surface area contributed by atoms with Crippen LogP contribution >= 0.6 is 11.6 Å². The molecule has 0 aliphatic heterocycles. The van der Waals surface area contributed by atoms with Crippen LogP contribution in [-0.4, -0.2) is 23.1 Å². The van der Waals surface area contributed by atoms with Gasteiger partial charge >= 0.3 is 0 Å². The molecule has 2 aliphatic carbocycles. The summed E-state index contributed by atoms with van der Waals surface area (Å²) in [6.45, 7) is 0. The lowest BCUT2D eigenvalue weighted by Gasteiger charge is -2.19. The largest absolute Gasteiger partial charge is 0.490 e. The Kier molecular flexibility index (Phi) is 2.82. The highest BCUT2D eigenvalue weighted by Crippen LogP contribution is 2.46. The Morgan fingerprint density at radius 1 is 1.29 bits per heavy atom. The van der Waals surface area contributed by atoms with Crippen molar-refractivity contribution in [2.24, 2.45) is 11.8 Å². The number of nitrogens with one attached hydrogen (secondary N) is 1. The van der Waals surface area contributed by atoms with Crippen LogP contribution in [0.5, 0.6) is 5.75 Å². The van der Waals surface area contributed by atoms with E-state index < -0.39 is 0 Å². The molecule has 0 amide bonds. The van der Waals surface area contributed by atoms with Crippen molar-refractivity contribution in [1.82, 2.24) is 9.97 Å². The molecule has 0 bridgehead atoms. The van der Waals surface area contributed by atoms with Crippen molar-refractivity contribution < 1.29 is 4.74 Å². The van der Waals surface area contributed by atoms with Gasteiger partial charge < -0.3 is 10.1 Å². The van der Waals surface area contributed by atoms with Crippen LogP contribution in [0.4, 0.5) is 5.82 Å². The minimum atomic E-state index is 0.371. The maximum atomic E-state index is 5.99. The highest BCUT2D eigenvalue weighted by Gasteiger charge is 2.42. The van der Waals surface area contributed by atoms with E-state index >= 15 is 0 Å². The smallest absolute Gasteiger partial charge is 0.198 e. The van der Waals surface area contributed by atoms with Gasteiger partial charge in [-0.25, -0.2) is 9.97 Å².